The van der Waals surface area contributed by atoms with Gasteiger partial charge in [0.2, 0.25) is 0 Å². The van der Waals surface area contributed by atoms with Crippen LogP contribution in [0.3, 0.4) is 0 Å². The molecule has 3 N–H and O–H groups in total. The fourth-order valence-electron chi connectivity index (χ4n) is 2.07. The molecular weight excluding hydrogens is 252 g/mol. The summed E-state index contributed by atoms with van der Waals surface area (Å²) in [5, 5.41) is 3.13. The molecule has 0 aromatic heterocycles. The van der Waals surface area contributed by atoms with Crippen molar-refractivity contribution < 1.29 is 9.37 Å². The van der Waals surface area contributed by atoms with Crippen molar-refractivity contribution in [1.82, 2.24) is 5.32 Å². The van der Waals surface area contributed by atoms with Crippen molar-refractivity contribution in [3.05, 3.63) is 0 Å². The molecule has 0 saturated carbocycles. The molecule has 2 atom stereocenters. The van der Waals surface area contributed by atoms with Crippen LogP contribution >= 0.6 is 0 Å². The van der Waals surface area contributed by atoms with Crippen molar-refractivity contribution in [1.29, 1.82) is 0 Å². The highest BCUT2D eigenvalue weighted by Gasteiger charge is 2.26. The van der Waals surface area contributed by atoms with Gasteiger partial charge in [-0.2, -0.15) is 4.58 Å². The molecule has 2 unspecified atom stereocenters. The van der Waals surface area contributed by atoms with Crippen molar-refractivity contribution in [3.8, 4) is 0 Å². The summed E-state index contributed by atoms with van der Waals surface area (Å²) in [5.74, 6) is 0.592. The summed E-state index contributed by atoms with van der Waals surface area (Å²) in [6, 6.07) is 0.0576. The van der Waals surface area contributed by atoms with Gasteiger partial charge in [0, 0.05) is 6.42 Å². The second-order valence-corrected chi connectivity index (χ2v) is 5.75. The Hall–Kier alpha value is -1.07. The van der Waals surface area contributed by atoms with Crippen LogP contribution in [-0.4, -0.2) is 49.2 Å². The first-order chi connectivity index (χ1) is 9.38. The van der Waals surface area contributed by atoms with Crippen LogP contribution in [0.15, 0.2) is 4.99 Å². The van der Waals surface area contributed by atoms with Gasteiger partial charge in [0.15, 0.2) is 6.04 Å². The van der Waals surface area contributed by atoms with Gasteiger partial charge in [-0.1, -0.05) is 13.8 Å². The first-order valence-electron chi connectivity index (χ1n) is 7.42. The number of aliphatic imine (C=N–C) groups is 1. The van der Waals surface area contributed by atoms with Crippen molar-refractivity contribution >= 4 is 19.3 Å². The van der Waals surface area contributed by atoms with E-state index in [-0.39, 0.29) is 18.1 Å². The second kappa shape index (κ2) is 10.7. The van der Waals surface area contributed by atoms with E-state index in [0.29, 0.717) is 18.9 Å². The average Bonchev–Trinajstić information content (AvgIpc) is 2.35. The van der Waals surface area contributed by atoms with E-state index in [1.165, 1.54) is 0 Å². The minimum Gasteiger partial charge on any atom is -0.316 e. The molecule has 0 saturated heterocycles. The number of nitrogens with two attached hydrogens (primary N) is 1. The van der Waals surface area contributed by atoms with Crippen LogP contribution in [0, 0.1) is 5.92 Å². The minimum absolute atomic E-state index is 0.00382. The van der Waals surface area contributed by atoms with Gasteiger partial charge in [-0.15, -0.1) is 0 Å². The Bertz CT molecular complexity index is 313. The van der Waals surface area contributed by atoms with E-state index < -0.39 is 0 Å². The van der Waals surface area contributed by atoms with Crippen molar-refractivity contribution in [2.24, 2.45) is 16.6 Å². The summed E-state index contributed by atoms with van der Waals surface area (Å²) in [6.07, 6.45) is 3.22. The Labute approximate surface area is 123 Å². The van der Waals surface area contributed by atoms with Gasteiger partial charge in [-0.3, -0.25) is 4.99 Å². The molecule has 0 bridgehead atoms. The van der Waals surface area contributed by atoms with E-state index in [0.717, 1.165) is 25.8 Å². The molecule has 0 aromatic rings. The number of carbonyl (C=O) groups is 1. The van der Waals surface area contributed by atoms with Gasteiger partial charge in [-0.25, -0.2) is 4.79 Å². The quantitative estimate of drug-likeness (QED) is 0.261. The van der Waals surface area contributed by atoms with Crippen molar-refractivity contribution in [2.75, 3.05) is 13.1 Å². The SMILES string of the molecule is C=NCC(CC(C)C)[N+](=C)C(=O)CCCCNC(C)N. The van der Waals surface area contributed by atoms with Crippen LogP contribution in [0.5, 0.6) is 0 Å². The number of nitrogens with zero attached hydrogens (tertiary/aromatic N) is 2. The maximum atomic E-state index is 12.1. The number of unbranched alkanes of at least 4 members (excludes halogenated alkanes) is 1. The normalized spacial score (nSPS) is 14.1. The van der Waals surface area contributed by atoms with Gasteiger partial charge in [0.1, 0.15) is 13.3 Å². The third-order valence-corrected chi connectivity index (χ3v) is 3.13. The number of hydrogen-bond acceptors (Lipinski definition) is 4. The predicted octanol–water partition coefficient (Wildman–Crippen LogP) is 1.41. The van der Waals surface area contributed by atoms with Crippen LogP contribution in [0.25, 0.3) is 0 Å². The third-order valence-electron chi connectivity index (χ3n) is 3.13. The van der Waals surface area contributed by atoms with Crippen LogP contribution in [0.1, 0.15) is 46.5 Å². The van der Waals surface area contributed by atoms with Gasteiger partial charge in [-0.05, 0) is 38.9 Å². The number of carbonyl (C=O) groups excluding carboxylic acids is 1. The molecule has 5 heteroatoms. The Morgan fingerprint density at radius 1 is 1.35 bits per heavy atom. The lowest BCUT2D eigenvalue weighted by Crippen LogP contribution is -2.35. The van der Waals surface area contributed by atoms with Crippen molar-refractivity contribution in [2.45, 2.75) is 58.7 Å². The molecule has 0 fully saturated rings. The van der Waals surface area contributed by atoms with Crippen molar-refractivity contribution in [3.63, 3.8) is 0 Å². The van der Waals surface area contributed by atoms with E-state index in [2.05, 4.69) is 37.6 Å². The maximum absolute atomic E-state index is 12.1. The number of hydrogen-bond donors (Lipinski definition) is 2. The third kappa shape index (κ3) is 8.93. The molecule has 5 nitrogen and oxygen atoms in total. The molecule has 0 radical (unpaired) electrons. The van der Waals surface area contributed by atoms with Gasteiger partial charge in [0.25, 0.3) is 0 Å². The van der Waals surface area contributed by atoms with Crippen LogP contribution in [0.4, 0.5) is 0 Å². The molecule has 0 aliphatic rings. The van der Waals surface area contributed by atoms with Crippen LogP contribution < -0.4 is 11.1 Å². The highest BCUT2D eigenvalue weighted by atomic mass is 16.2. The second-order valence-electron chi connectivity index (χ2n) is 5.75. The molecule has 0 aliphatic carbocycles. The summed E-state index contributed by atoms with van der Waals surface area (Å²) in [5.41, 5.74) is 5.59. The zero-order chi connectivity index (χ0) is 15.5. The Morgan fingerprint density at radius 3 is 2.50 bits per heavy atom. The summed E-state index contributed by atoms with van der Waals surface area (Å²) in [7, 11) is 0. The largest absolute Gasteiger partial charge is 0.386 e. The molecule has 0 rings (SSSR count). The zero-order valence-corrected chi connectivity index (χ0v) is 13.3. The first-order valence-corrected chi connectivity index (χ1v) is 7.42. The summed E-state index contributed by atoms with van der Waals surface area (Å²) in [6.45, 7) is 15.0. The monoisotopic (exact) mass is 283 g/mol. The first kappa shape index (κ1) is 18.9. The van der Waals surface area contributed by atoms with E-state index in [4.69, 9.17) is 5.73 Å². The Balaban J connectivity index is 4.09. The highest BCUT2D eigenvalue weighted by Crippen LogP contribution is 2.10. The number of nitrogens with one attached hydrogen (secondary N) is 1. The number of amides is 1. The lowest BCUT2D eigenvalue weighted by atomic mass is 10.0. The number of rotatable bonds is 11. The lowest BCUT2D eigenvalue weighted by molar-refractivity contribution is -0.480. The molecule has 20 heavy (non-hydrogen) atoms. The molecule has 0 spiro atoms. The predicted molar refractivity (Wildman–Crippen MR) is 85.6 cm³/mol. The summed E-state index contributed by atoms with van der Waals surface area (Å²) in [4.78, 5) is 16.0. The standard InChI is InChI=1S/C15H31N4O/c1-12(2)10-14(11-17-4)19(5)15(20)8-6-7-9-18-13(3)16/h12-14,18H,4-11,16H2,1-3H3/q+1. The maximum Gasteiger partial charge on any atom is 0.386 e. The smallest absolute Gasteiger partial charge is 0.316 e. The minimum atomic E-state index is 0.00382. The molecular formula is C15H31N4O+. The molecule has 0 aliphatic heterocycles. The van der Waals surface area contributed by atoms with E-state index in [1.807, 2.05) is 6.92 Å². The fraction of sp³-hybridized carbons (Fsp3) is 0.800. The molecule has 1 amide bonds. The van der Waals surface area contributed by atoms with E-state index in [1.54, 1.807) is 4.58 Å². The lowest BCUT2D eigenvalue weighted by Gasteiger charge is -2.13. The summed E-state index contributed by atoms with van der Waals surface area (Å²) < 4.78 is 1.59. The summed E-state index contributed by atoms with van der Waals surface area (Å²) >= 11 is 0. The van der Waals surface area contributed by atoms with Crippen LogP contribution in [0.2, 0.25) is 0 Å². The van der Waals surface area contributed by atoms with Gasteiger partial charge in [0.05, 0.1) is 12.6 Å². The van der Waals surface area contributed by atoms with Crippen LogP contribution in [-0.2, 0) is 4.79 Å². The topological polar surface area (TPSA) is 70.5 Å². The molecule has 0 aromatic carbocycles. The zero-order valence-electron chi connectivity index (χ0n) is 13.3. The van der Waals surface area contributed by atoms with E-state index in [9.17, 15) is 4.79 Å². The highest BCUT2D eigenvalue weighted by molar-refractivity contribution is 5.69. The fourth-order valence-corrected chi connectivity index (χ4v) is 2.07. The van der Waals surface area contributed by atoms with E-state index >= 15 is 0 Å². The van der Waals surface area contributed by atoms with Gasteiger partial charge < -0.3 is 11.1 Å². The molecule has 116 valence electrons. The molecule has 0 heterocycles. The average molecular weight is 283 g/mol. The Morgan fingerprint density at radius 2 is 2.00 bits per heavy atom. The van der Waals surface area contributed by atoms with Gasteiger partial charge >= 0.3 is 5.91 Å². The Kier molecular flexibility index (Phi) is 10.1.